The third-order valence-corrected chi connectivity index (χ3v) is 7.39. The zero-order valence-electron chi connectivity index (χ0n) is 19.2. The summed E-state index contributed by atoms with van der Waals surface area (Å²) in [4.78, 5) is 7.88. The van der Waals surface area contributed by atoms with Crippen LogP contribution in [0.25, 0.3) is 17.3 Å². The number of furan rings is 1. The van der Waals surface area contributed by atoms with Gasteiger partial charge in [0.2, 0.25) is 21.8 Å². The topological polar surface area (TPSA) is 143 Å². The predicted octanol–water partition coefficient (Wildman–Crippen LogP) is 2.40. The maximum Gasteiger partial charge on any atom is 0.243 e. The van der Waals surface area contributed by atoms with Gasteiger partial charge < -0.3 is 18.6 Å². The van der Waals surface area contributed by atoms with Gasteiger partial charge in [-0.15, -0.1) is 10.2 Å². The van der Waals surface area contributed by atoms with E-state index < -0.39 is 27.0 Å². The molecule has 4 aromatic rings. The molecular weight excluding hydrogens is 495 g/mol. The molecule has 14 heteroatoms. The summed E-state index contributed by atoms with van der Waals surface area (Å²) in [5, 5.41) is 7.19. The van der Waals surface area contributed by atoms with Crippen LogP contribution in [0.1, 0.15) is 11.7 Å². The fourth-order valence-corrected chi connectivity index (χ4v) is 5.42. The number of hydrogen-bond acceptors (Lipinski definition) is 10. The Kier molecular flexibility index (Phi) is 6.28. The molecule has 1 aliphatic rings. The molecular formula is C22H21FN6O6S. The van der Waals surface area contributed by atoms with Crippen molar-refractivity contribution in [3.8, 4) is 28.8 Å². The van der Waals surface area contributed by atoms with Gasteiger partial charge in [0.25, 0.3) is 0 Å². The number of hydrogen-bond donors (Lipinski definition) is 1. The van der Waals surface area contributed by atoms with Crippen LogP contribution in [0.4, 0.5) is 10.3 Å². The number of ether oxygens (including phenoxy) is 3. The van der Waals surface area contributed by atoms with Crippen LogP contribution >= 0.6 is 0 Å². The van der Waals surface area contributed by atoms with Crippen LogP contribution in [0.2, 0.25) is 0 Å². The number of anilines is 1. The van der Waals surface area contributed by atoms with E-state index in [1.54, 1.807) is 30.3 Å². The van der Waals surface area contributed by atoms with Gasteiger partial charge in [0.15, 0.2) is 11.6 Å². The monoisotopic (exact) mass is 516 g/mol. The summed E-state index contributed by atoms with van der Waals surface area (Å²) >= 11 is 0. The fourth-order valence-electron chi connectivity index (χ4n) is 3.98. The summed E-state index contributed by atoms with van der Waals surface area (Å²) in [5.41, 5.74) is 0.359. The second kappa shape index (κ2) is 9.54. The lowest BCUT2D eigenvalue weighted by Crippen LogP contribution is -2.34. The molecule has 188 valence electrons. The summed E-state index contributed by atoms with van der Waals surface area (Å²) < 4.78 is 66.4. The maximum absolute atomic E-state index is 13.6. The van der Waals surface area contributed by atoms with E-state index in [9.17, 15) is 12.8 Å². The van der Waals surface area contributed by atoms with Gasteiger partial charge in [-0.1, -0.05) is 6.07 Å². The van der Waals surface area contributed by atoms with E-state index in [1.807, 2.05) is 0 Å². The first-order valence-corrected chi connectivity index (χ1v) is 12.2. The van der Waals surface area contributed by atoms with Crippen molar-refractivity contribution in [2.24, 2.45) is 0 Å². The number of rotatable bonds is 8. The van der Waals surface area contributed by atoms with E-state index in [1.165, 1.54) is 25.0 Å². The van der Waals surface area contributed by atoms with Gasteiger partial charge in [0.05, 0.1) is 52.0 Å². The first-order valence-electron chi connectivity index (χ1n) is 10.7. The summed E-state index contributed by atoms with van der Waals surface area (Å²) in [6.07, 6.45) is 3.43. The van der Waals surface area contributed by atoms with Crippen LogP contribution in [-0.4, -0.2) is 65.8 Å². The molecule has 0 amide bonds. The Morgan fingerprint density at radius 1 is 1.06 bits per heavy atom. The third-order valence-electron chi connectivity index (χ3n) is 5.66. The molecule has 1 aliphatic heterocycles. The molecule has 1 aromatic carbocycles. The van der Waals surface area contributed by atoms with E-state index in [0.717, 1.165) is 12.4 Å². The van der Waals surface area contributed by atoms with Gasteiger partial charge in [-0.25, -0.2) is 22.8 Å². The molecule has 4 heterocycles. The van der Waals surface area contributed by atoms with E-state index in [0.29, 0.717) is 22.9 Å². The van der Waals surface area contributed by atoms with Crippen molar-refractivity contribution >= 4 is 16.0 Å². The highest BCUT2D eigenvalue weighted by Gasteiger charge is 2.42. The summed E-state index contributed by atoms with van der Waals surface area (Å²) in [6.45, 7) is -0.0558. The average Bonchev–Trinajstić information content (AvgIpc) is 3.65. The Balaban J connectivity index is 1.59. The highest BCUT2D eigenvalue weighted by Crippen LogP contribution is 2.38. The molecule has 5 rings (SSSR count). The Bertz CT molecular complexity index is 1440. The van der Waals surface area contributed by atoms with Crippen LogP contribution in [0.3, 0.4) is 0 Å². The van der Waals surface area contributed by atoms with Crippen molar-refractivity contribution in [2.45, 2.75) is 11.2 Å². The number of nitrogens with zero attached hydrogens (tertiary/aromatic N) is 5. The van der Waals surface area contributed by atoms with Gasteiger partial charge in [0.1, 0.15) is 28.3 Å². The highest BCUT2D eigenvalue weighted by molar-refractivity contribution is 7.93. The molecule has 0 radical (unpaired) electrons. The molecule has 1 N–H and O–H groups in total. The smallest absolute Gasteiger partial charge is 0.243 e. The first kappa shape index (κ1) is 23.7. The molecule has 0 bridgehead atoms. The van der Waals surface area contributed by atoms with E-state index in [2.05, 4.69) is 24.9 Å². The standard InChI is InChI=1S/C22H21FN6O6S/c1-32-15-5-3-6-16(33-2)19(15)29-21(17-7-4-8-35-17)26-27-22(29)28-36(30,31)18-12-34-11-14(18)20-24-9-13(23)10-25-20/h3-10,14,18H,11-12H2,1-2H3,(H,27,28)/t14-,18-/m0/s1. The lowest BCUT2D eigenvalue weighted by atomic mass is 10.1. The van der Waals surface area contributed by atoms with Crippen molar-refractivity contribution in [3.05, 3.63) is 60.6 Å². The van der Waals surface area contributed by atoms with Gasteiger partial charge in [-0.3, -0.25) is 9.29 Å². The van der Waals surface area contributed by atoms with Gasteiger partial charge in [0, 0.05) is 0 Å². The van der Waals surface area contributed by atoms with Gasteiger partial charge >= 0.3 is 0 Å². The Morgan fingerprint density at radius 2 is 1.78 bits per heavy atom. The van der Waals surface area contributed by atoms with E-state index in [-0.39, 0.29) is 30.8 Å². The van der Waals surface area contributed by atoms with Gasteiger partial charge in [-0.2, -0.15) is 0 Å². The van der Waals surface area contributed by atoms with Crippen LogP contribution in [-0.2, 0) is 14.8 Å². The number of nitrogens with one attached hydrogen (secondary N) is 1. The Morgan fingerprint density at radius 3 is 2.42 bits per heavy atom. The van der Waals surface area contributed by atoms with Crippen LogP contribution in [0.5, 0.6) is 11.5 Å². The quantitative estimate of drug-likeness (QED) is 0.371. The predicted molar refractivity (Wildman–Crippen MR) is 124 cm³/mol. The van der Waals surface area contributed by atoms with Crippen molar-refractivity contribution in [1.29, 1.82) is 0 Å². The highest BCUT2D eigenvalue weighted by atomic mass is 32.2. The van der Waals surface area contributed by atoms with Crippen LogP contribution in [0, 0.1) is 5.82 Å². The molecule has 0 aliphatic carbocycles. The first-order chi connectivity index (χ1) is 17.4. The number of benzene rings is 1. The second-order valence-electron chi connectivity index (χ2n) is 7.76. The lowest BCUT2D eigenvalue weighted by Gasteiger charge is -2.20. The zero-order chi connectivity index (χ0) is 25.3. The minimum absolute atomic E-state index is 0.0574. The van der Waals surface area contributed by atoms with Crippen molar-refractivity contribution in [2.75, 3.05) is 32.2 Å². The summed E-state index contributed by atoms with van der Waals surface area (Å²) in [6, 6.07) is 8.43. The largest absolute Gasteiger partial charge is 0.494 e. The van der Waals surface area contributed by atoms with Crippen LogP contribution < -0.4 is 14.2 Å². The zero-order valence-corrected chi connectivity index (χ0v) is 20.0. The SMILES string of the molecule is COc1cccc(OC)c1-n1c(NS(=O)(=O)[C@H]2COC[C@@H]2c2ncc(F)cn2)nnc1-c1ccco1. The minimum Gasteiger partial charge on any atom is -0.494 e. The number of para-hydroxylation sites is 1. The number of sulfonamides is 1. The fraction of sp³-hybridized carbons (Fsp3) is 0.273. The summed E-state index contributed by atoms with van der Waals surface area (Å²) in [5.74, 6) is -0.00900. The van der Waals surface area contributed by atoms with E-state index in [4.69, 9.17) is 18.6 Å². The second-order valence-corrected chi connectivity index (χ2v) is 9.66. The lowest BCUT2D eigenvalue weighted by molar-refractivity contribution is 0.193. The molecule has 3 aromatic heterocycles. The Labute approximate surface area is 205 Å². The summed E-state index contributed by atoms with van der Waals surface area (Å²) in [7, 11) is -1.18. The van der Waals surface area contributed by atoms with Gasteiger partial charge in [-0.05, 0) is 24.3 Å². The molecule has 0 saturated carbocycles. The molecule has 1 fully saturated rings. The van der Waals surface area contributed by atoms with Crippen molar-refractivity contribution in [1.82, 2.24) is 24.7 Å². The molecule has 36 heavy (non-hydrogen) atoms. The Hall–Kier alpha value is -4.04. The van der Waals surface area contributed by atoms with E-state index >= 15 is 0 Å². The molecule has 1 saturated heterocycles. The number of methoxy groups -OCH3 is 2. The van der Waals surface area contributed by atoms with Crippen molar-refractivity contribution in [3.63, 3.8) is 0 Å². The molecule has 12 nitrogen and oxygen atoms in total. The van der Waals surface area contributed by atoms with Crippen LogP contribution in [0.15, 0.2) is 53.4 Å². The molecule has 0 unspecified atom stereocenters. The number of halogens is 1. The normalized spacial score (nSPS) is 17.8. The molecule has 2 atom stereocenters. The maximum atomic E-state index is 13.6. The number of aromatic nitrogens is 5. The average molecular weight is 517 g/mol. The van der Waals surface area contributed by atoms with Crippen molar-refractivity contribution < 1.29 is 31.4 Å². The third kappa shape index (κ3) is 4.24. The minimum atomic E-state index is -4.13. The molecule has 0 spiro atoms.